The van der Waals surface area contributed by atoms with E-state index in [2.05, 4.69) is 15.4 Å². The summed E-state index contributed by atoms with van der Waals surface area (Å²) in [6, 6.07) is 2.78. The first kappa shape index (κ1) is 19.6. The summed E-state index contributed by atoms with van der Waals surface area (Å²) in [6.45, 7) is 6.17. The number of thiophene rings is 1. The van der Waals surface area contributed by atoms with E-state index in [-0.39, 0.29) is 12.5 Å². The number of nitrogens with one attached hydrogen (secondary N) is 3. The zero-order chi connectivity index (χ0) is 18.3. The van der Waals surface area contributed by atoms with E-state index in [0.717, 1.165) is 4.88 Å². The summed E-state index contributed by atoms with van der Waals surface area (Å²) in [7, 11) is 0. The number of rotatable bonds is 5. The zero-order valence-corrected chi connectivity index (χ0v) is 14.8. The van der Waals surface area contributed by atoms with Crippen LogP contribution in [0.15, 0.2) is 12.1 Å². The summed E-state index contributed by atoms with van der Waals surface area (Å²) in [5.41, 5.74) is -0.495. The highest BCUT2D eigenvalue weighted by atomic mass is 32.1. The molecule has 0 saturated carbocycles. The first-order valence-electron chi connectivity index (χ1n) is 7.19. The maximum absolute atomic E-state index is 11.7. The highest BCUT2D eigenvalue weighted by molar-refractivity contribution is 7.13. The SMILES string of the molecule is Cc1ccc(C(=O)NCC(=O)OCC(=O)NC(=O)NC(C)(C)C)s1. The third-order valence-electron chi connectivity index (χ3n) is 2.46. The van der Waals surface area contributed by atoms with Crippen molar-refractivity contribution >= 4 is 35.2 Å². The van der Waals surface area contributed by atoms with Crippen molar-refractivity contribution in [3.63, 3.8) is 0 Å². The molecule has 0 aliphatic heterocycles. The summed E-state index contributed by atoms with van der Waals surface area (Å²) < 4.78 is 4.68. The van der Waals surface area contributed by atoms with Crippen molar-refractivity contribution < 1.29 is 23.9 Å². The van der Waals surface area contributed by atoms with Crippen molar-refractivity contribution in [3.8, 4) is 0 Å². The lowest BCUT2D eigenvalue weighted by molar-refractivity contribution is -0.147. The molecule has 1 aromatic heterocycles. The van der Waals surface area contributed by atoms with E-state index in [1.807, 2.05) is 12.2 Å². The number of ether oxygens (including phenoxy) is 1. The Labute approximate surface area is 143 Å². The first-order chi connectivity index (χ1) is 11.1. The Morgan fingerprint density at radius 1 is 1.17 bits per heavy atom. The van der Waals surface area contributed by atoms with Crippen LogP contribution in [0, 0.1) is 6.92 Å². The monoisotopic (exact) mass is 355 g/mol. The molecule has 4 amide bonds. The average molecular weight is 355 g/mol. The van der Waals surface area contributed by atoms with Crippen LogP contribution >= 0.6 is 11.3 Å². The molecule has 0 aliphatic carbocycles. The number of carbonyl (C=O) groups excluding carboxylic acids is 4. The number of esters is 1. The minimum Gasteiger partial charge on any atom is -0.454 e. The molecule has 1 heterocycles. The van der Waals surface area contributed by atoms with Crippen LogP contribution in [-0.4, -0.2) is 42.5 Å². The van der Waals surface area contributed by atoms with E-state index in [4.69, 9.17) is 0 Å². The van der Waals surface area contributed by atoms with Gasteiger partial charge >= 0.3 is 12.0 Å². The first-order valence-corrected chi connectivity index (χ1v) is 8.01. The van der Waals surface area contributed by atoms with Gasteiger partial charge in [0.25, 0.3) is 11.8 Å². The van der Waals surface area contributed by atoms with Crippen LogP contribution in [0.25, 0.3) is 0 Å². The largest absolute Gasteiger partial charge is 0.454 e. The summed E-state index contributed by atoms with van der Waals surface area (Å²) in [5.74, 6) is -1.92. The van der Waals surface area contributed by atoms with Crippen LogP contribution in [0.1, 0.15) is 35.3 Å². The van der Waals surface area contributed by atoms with E-state index < -0.39 is 30.1 Å². The fourth-order valence-corrected chi connectivity index (χ4v) is 2.31. The Bertz CT molecular complexity index is 633. The van der Waals surface area contributed by atoms with Crippen LogP contribution in [0.4, 0.5) is 4.79 Å². The smallest absolute Gasteiger partial charge is 0.325 e. The number of aryl methyl sites for hydroxylation is 1. The molecule has 0 aromatic carbocycles. The second-order valence-corrected chi connectivity index (χ2v) is 7.29. The number of amides is 4. The van der Waals surface area contributed by atoms with Gasteiger partial charge in [-0.15, -0.1) is 11.3 Å². The van der Waals surface area contributed by atoms with Gasteiger partial charge in [0, 0.05) is 10.4 Å². The molecule has 0 atom stereocenters. The van der Waals surface area contributed by atoms with Crippen molar-refractivity contribution in [2.24, 2.45) is 0 Å². The molecule has 0 saturated heterocycles. The molecule has 24 heavy (non-hydrogen) atoms. The van der Waals surface area contributed by atoms with Gasteiger partial charge in [-0.05, 0) is 39.8 Å². The summed E-state index contributed by atoms with van der Waals surface area (Å²) in [5, 5.41) is 6.96. The molecule has 0 spiro atoms. The predicted octanol–water partition coefficient (Wildman–Crippen LogP) is 0.954. The van der Waals surface area contributed by atoms with Crippen molar-refractivity contribution in [2.45, 2.75) is 33.2 Å². The average Bonchev–Trinajstić information content (AvgIpc) is 2.87. The van der Waals surface area contributed by atoms with E-state index in [0.29, 0.717) is 4.88 Å². The lowest BCUT2D eigenvalue weighted by Gasteiger charge is -2.20. The molecule has 0 aliphatic rings. The molecular formula is C15H21N3O5S. The Morgan fingerprint density at radius 2 is 1.83 bits per heavy atom. The van der Waals surface area contributed by atoms with Crippen molar-refractivity contribution in [1.29, 1.82) is 0 Å². The highest BCUT2D eigenvalue weighted by Gasteiger charge is 2.17. The molecule has 0 radical (unpaired) electrons. The number of urea groups is 1. The quantitative estimate of drug-likeness (QED) is 0.681. The van der Waals surface area contributed by atoms with E-state index in [1.54, 1.807) is 32.9 Å². The fraction of sp³-hybridized carbons (Fsp3) is 0.467. The van der Waals surface area contributed by atoms with Gasteiger partial charge < -0.3 is 15.4 Å². The van der Waals surface area contributed by atoms with Gasteiger partial charge in [0.15, 0.2) is 6.61 Å². The standard InChI is InChI=1S/C15H21N3O5S/c1-9-5-6-10(24-9)13(21)16-7-12(20)23-8-11(19)17-14(22)18-15(2,3)4/h5-6H,7-8H2,1-4H3,(H,16,21)(H2,17,18,19,22). The number of carbonyl (C=O) groups is 4. The number of hydrogen-bond acceptors (Lipinski definition) is 6. The maximum Gasteiger partial charge on any atom is 0.325 e. The van der Waals surface area contributed by atoms with Gasteiger partial charge in [0.1, 0.15) is 6.54 Å². The Morgan fingerprint density at radius 3 is 2.38 bits per heavy atom. The second kappa shape index (κ2) is 8.44. The van der Waals surface area contributed by atoms with Crippen LogP contribution < -0.4 is 16.0 Å². The molecule has 3 N–H and O–H groups in total. The lowest BCUT2D eigenvalue weighted by Crippen LogP contribution is -2.49. The number of hydrogen-bond donors (Lipinski definition) is 3. The van der Waals surface area contributed by atoms with Crippen LogP contribution in [0.5, 0.6) is 0 Å². The molecule has 1 rings (SSSR count). The normalized spacial score (nSPS) is 10.7. The lowest BCUT2D eigenvalue weighted by atomic mass is 10.1. The van der Waals surface area contributed by atoms with Crippen molar-refractivity contribution in [1.82, 2.24) is 16.0 Å². The minimum atomic E-state index is -0.775. The molecule has 0 fully saturated rings. The third kappa shape index (κ3) is 7.73. The van der Waals surface area contributed by atoms with Crippen LogP contribution in [-0.2, 0) is 14.3 Å². The van der Waals surface area contributed by atoms with Gasteiger partial charge in [-0.25, -0.2) is 4.79 Å². The fourth-order valence-electron chi connectivity index (χ4n) is 1.53. The topological polar surface area (TPSA) is 114 Å². The van der Waals surface area contributed by atoms with Gasteiger partial charge in [-0.2, -0.15) is 0 Å². The Kier molecular flexibility index (Phi) is 6.90. The van der Waals surface area contributed by atoms with Crippen molar-refractivity contribution in [2.75, 3.05) is 13.2 Å². The molecule has 0 unspecified atom stereocenters. The maximum atomic E-state index is 11.7. The number of imide groups is 1. The highest BCUT2D eigenvalue weighted by Crippen LogP contribution is 2.14. The third-order valence-corrected chi connectivity index (χ3v) is 3.46. The Balaban J connectivity index is 2.27. The second-order valence-electron chi connectivity index (χ2n) is 6.01. The summed E-state index contributed by atoms with van der Waals surface area (Å²) >= 11 is 1.30. The van der Waals surface area contributed by atoms with Gasteiger partial charge in [0.2, 0.25) is 0 Å². The predicted molar refractivity (Wildman–Crippen MR) is 88.8 cm³/mol. The van der Waals surface area contributed by atoms with E-state index in [9.17, 15) is 19.2 Å². The molecule has 8 nitrogen and oxygen atoms in total. The van der Waals surface area contributed by atoms with Gasteiger partial charge in [-0.3, -0.25) is 19.7 Å². The van der Waals surface area contributed by atoms with Crippen LogP contribution in [0.3, 0.4) is 0 Å². The molecule has 132 valence electrons. The zero-order valence-electron chi connectivity index (χ0n) is 14.0. The van der Waals surface area contributed by atoms with E-state index >= 15 is 0 Å². The molecular weight excluding hydrogens is 334 g/mol. The van der Waals surface area contributed by atoms with Gasteiger partial charge in [-0.1, -0.05) is 0 Å². The summed E-state index contributed by atoms with van der Waals surface area (Å²) in [4.78, 5) is 47.6. The van der Waals surface area contributed by atoms with E-state index in [1.165, 1.54) is 11.3 Å². The van der Waals surface area contributed by atoms with Crippen LogP contribution in [0.2, 0.25) is 0 Å². The van der Waals surface area contributed by atoms with Gasteiger partial charge in [0.05, 0.1) is 4.88 Å². The minimum absolute atomic E-state index is 0.364. The molecule has 1 aromatic rings. The summed E-state index contributed by atoms with van der Waals surface area (Å²) in [6.07, 6.45) is 0. The molecule has 9 heteroatoms. The Hall–Kier alpha value is -2.42. The van der Waals surface area contributed by atoms with Crippen molar-refractivity contribution in [3.05, 3.63) is 21.9 Å². The molecule has 0 bridgehead atoms.